The molecular formula is C29H24BrNO5. The Labute approximate surface area is 216 Å². The number of ether oxygens (including phenoxy) is 2. The van der Waals surface area contributed by atoms with Crippen LogP contribution in [0.15, 0.2) is 93.1 Å². The predicted octanol–water partition coefficient (Wildman–Crippen LogP) is 5.92. The highest BCUT2D eigenvalue weighted by Gasteiger charge is 2.42. The molecule has 0 radical (unpaired) electrons. The third kappa shape index (κ3) is 4.42. The van der Waals surface area contributed by atoms with Crippen LogP contribution in [-0.4, -0.2) is 31.1 Å². The minimum absolute atomic E-state index is 0.0898. The number of fused-ring (bicyclic) bond motifs is 2. The number of carbonyl (C=O) groups is 1. The van der Waals surface area contributed by atoms with E-state index in [1.165, 1.54) is 0 Å². The molecule has 1 aliphatic heterocycles. The van der Waals surface area contributed by atoms with Gasteiger partial charge in [0, 0.05) is 11.0 Å². The van der Waals surface area contributed by atoms with E-state index in [4.69, 9.17) is 13.9 Å². The molecule has 1 aromatic heterocycles. The largest absolute Gasteiger partial charge is 0.497 e. The summed E-state index contributed by atoms with van der Waals surface area (Å²) in [7, 11) is 1.62. The van der Waals surface area contributed by atoms with Gasteiger partial charge in [-0.3, -0.25) is 9.59 Å². The van der Waals surface area contributed by atoms with E-state index in [9.17, 15) is 9.59 Å². The number of benzene rings is 3. The first-order chi connectivity index (χ1) is 17.5. The third-order valence-electron chi connectivity index (χ3n) is 6.27. The first-order valence-corrected chi connectivity index (χ1v) is 12.3. The van der Waals surface area contributed by atoms with Crippen LogP contribution in [0.4, 0.5) is 0 Å². The quantitative estimate of drug-likeness (QED) is 0.257. The monoisotopic (exact) mass is 545 g/mol. The molecule has 0 bridgehead atoms. The summed E-state index contributed by atoms with van der Waals surface area (Å²) in [5.41, 5.74) is 2.35. The number of hydrogen-bond acceptors (Lipinski definition) is 5. The maximum atomic E-state index is 13.7. The standard InChI is InChI=1S/C29H24BrNO5/c1-3-15-35-22-6-4-5-19(16-22)26-25-27(32)23-17-20(30)9-12-24(23)36-28(25)29(33)31(26)14-13-18-7-10-21(34-2)11-8-18/h3-12,16-17,26H,1,13-15H2,2H3. The van der Waals surface area contributed by atoms with Gasteiger partial charge < -0.3 is 18.8 Å². The van der Waals surface area contributed by atoms with Crippen LogP contribution < -0.4 is 14.9 Å². The zero-order chi connectivity index (χ0) is 25.2. The van der Waals surface area contributed by atoms with Gasteiger partial charge in [0.05, 0.1) is 24.1 Å². The van der Waals surface area contributed by atoms with Crippen molar-refractivity contribution >= 4 is 32.8 Å². The van der Waals surface area contributed by atoms with Gasteiger partial charge in [0.15, 0.2) is 5.43 Å². The van der Waals surface area contributed by atoms with E-state index in [2.05, 4.69) is 22.5 Å². The number of carbonyl (C=O) groups excluding carboxylic acids is 1. The zero-order valence-electron chi connectivity index (χ0n) is 19.7. The molecule has 0 spiro atoms. The highest BCUT2D eigenvalue weighted by atomic mass is 79.9. The Morgan fingerprint density at radius 1 is 1.06 bits per heavy atom. The maximum Gasteiger partial charge on any atom is 0.290 e. The SMILES string of the molecule is C=CCOc1cccc(C2c3c(oc4ccc(Br)cc4c3=O)C(=O)N2CCc2ccc(OC)cc2)c1. The predicted molar refractivity (Wildman–Crippen MR) is 142 cm³/mol. The van der Waals surface area contributed by atoms with Crippen molar-refractivity contribution in [3.05, 3.63) is 117 Å². The maximum absolute atomic E-state index is 13.7. The van der Waals surface area contributed by atoms with Gasteiger partial charge in [0.25, 0.3) is 5.91 Å². The first kappa shape index (κ1) is 23.9. The van der Waals surface area contributed by atoms with Crippen molar-refractivity contribution < 1.29 is 18.7 Å². The van der Waals surface area contributed by atoms with Crippen LogP contribution in [0.2, 0.25) is 0 Å². The van der Waals surface area contributed by atoms with Gasteiger partial charge >= 0.3 is 0 Å². The van der Waals surface area contributed by atoms with E-state index in [0.29, 0.717) is 41.9 Å². The normalized spacial score (nSPS) is 14.7. The second-order valence-corrected chi connectivity index (χ2v) is 9.40. The van der Waals surface area contributed by atoms with E-state index >= 15 is 0 Å². The second kappa shape index (κ2) is 10.0. The van der Waals surface area contributed by atoms with Gasteiger partial charge in [-0.15, -0.1) is 0 Å². The summed E-state index contributed by atoms with van der Waals surface area (Å²) < 4.78 is 17.8. The lowest BCUT2D eigenvalue weighted by Crippen LogP contribution is -2.31. The Morgan fingerprint density at radius 3 is 2.61 bits per heavy atom. The average molecular weight is 546 g/mol. The van der Waals surface area contributed by atoms with E-state index in [0.717, 1.165) is 21.3 Å². The summed E-state index contributed by atoms with van der Waals surface area (Å²) in [5, 5.41) is 0.428. The Morgan fingerprint density at radius 2 is 1.86 bits per heavy atom. The Hall–Kier alpha value is -3.84. The van der Waals surface area contributed by atoms with E-state index in [-0.39, 0.29) is 17.1 Å². The molecule has 182 valence electrons. The van der Waals surface area contributed by atoms with Gasteiger partial charge in [-0.05, 0) is 60.0 Å². The van der Waals surface area contributed by atoms with Crippen molar-refractivity contribution in [3.63, 3.8) is 0 Å². The molecular weight excluding hydrogens is 522 g/mol. The van der Waals surface area contributed by atoms with Crippen LogP contribution in [0.5, 0.6) is 11.5 Å². The Bertz CT molecular complexity index is 1510. The minimum Gasteiger partial charge on any atom is -0.497 e. The molecule has 6 nitrogen and oxygen atoms in total. The van der Waals surface area contributed by atoms with Crippen LogP contribution in [0.3, 0.4) is 0 Å². The molecule has 0 fully saturated rings. The summed E-state index contributed by atoms with van der Waals surface area (Å²) in [4.78, 5) is 29.1. The summed E-state index contributed by atoms with van der Waals surface area (Å²) in [5.74, 6) is 1.19. The highest BCUT2D eigenvalue weighted by Crippen LogP contribution is 2.39. The Kier molecular flexibility index (Phi) is 6.65. The fourth-order valence-electron chi connectivity index (χ4n) is 4.54. The summed E-state index contributed by atoms with van der Waals surface area (Å²) in [6.45, 7) is 4.45. The van der Waals surface area contributed by atoms with Crippen molar-refractivity contribution in [2.45, 2.75) is 12.5 Å². The second-order valence-electron chi connectivity index (χ2n) is 8.49. The van der Waals surface area contributed by atoms with Crippen LogP contribution >= 0.6 is 15.9 Å². The van der Waals surface area contributed by atoms with Gasteiger partial charge in [0.1, 0.15) is 23.7 Å². The molecule has 36 heavy (non-hydrogen) atoms. The molecule has 1 unspecified atom stereocenters. The van der Waals surface area contributed by atoms with Crippen LogP contribution in [0.1, 0.15) is 33.3 Å². The average Bonchev–Trinajstić information content (AvgIpc) is 3.18. The van der Waals surface area contributed by atoms with Crippen molar-refractivity contribution in [2.24, 2.45) is 0 Å². The van der Waals surface area contributed by atoms with Gasteiger partial charge in [-0.25, -0.2) is 0 Å². The number of hydrogen-bond donors (Lipinski definition) is 0. The summed E-state index contributed by atoms with van der Waals surface area (Å²) in [6, 6.07) is 19.8. The topological polar surface area (TPSA) is 69.0 Å². The molecule has 1 amide bonds. The fraction of sp³-hybridized carbons (Fsp3) is 0.172. The lowest BCUT2D eigenvalue weighted by molar-refractivity contribution is 0.0730. The number of methoxy groups -OCH3 is 1. The van der Waals surface area contributed by atoms with Crippen molar-refractivity contribution in [3.8, 4) is 11.5 Å². The fourth-order valence-corrected chi connectivity index (χ4v) is 4.90. The highest BCUT2D eigenvalue weighted by molar-refractivity contribution is 9.10. The molecule has 1 aliphatic rings. The van der Waals surface area contributed by atoms with Gasteiger partial charge in [0.2, 0.25) is 5.76 Å². The lowest BCUT2D eigenvalue weighted by atomic mass is 9.98. The van der Waals surface area contributed by atoms with Gasteiger partial charge in [-0.2, -0.15) is 0 Å². The molecule has 0 aliphatic carbocycles. The number of halogens is 1. The third-order valence-corrected chi connectivity index (χ3v) is 6.76. The first-order valence-electron chi connectivity index (χ1n) is 11.5. The molecule has 7 heteroatoms. The smallest absolute Gasteiger partial charge is 0.290 e. The number of amides is 1. The molecule has 5 rings (SSSR count). The van der Waals surface area contributed by atoms with Crippen LogP contribution in [0.25, 0.3) is 11.0 Å². The molecule has 3 aromatic carbocycles. The Balaban J connectivity index is 1.59. The molecule has 0 N–H and O–H groups in total. The molecule has 1 atom stereocenters. The molecule has 2 heterocycles. The number of nitrogens with zero attached hydrogens (tertiary/aromatic N) is 1. The van der Waals surface area contributed by atoms with E-state index in [1.54, 1.807) is 36.3 Å². The number of rotatable bonds is 8. The van der Waals surface area contributed by atoms with Crippen molar-refractivity contribution in [2.75, 3.05) is 20.3 Å². The van der Waals surface area contributed by atoms with Crippen molar-refractivity contribution in [1.82, 2.24) is 4.90 Å². The van der Waals surface area contributed by atoms with Crippen LogP contribution in [0, 0.1) is 0 Å². The zero-order valence-corrected chi connectivity index (χ0v) is 21.3. The lowest BCUT2D eigenvalue weighted by Gasteiger charge is -2.25. The summed E-state index contributed by atoms with van der Waals surface area (Å²) in [6.07, 6.45) is 2.27. The van der Waals surface area contributed by atoms with Gasteiger partial charge in [-0.1, -0.05) is 52.9 Å². The minimum atomic E-state index is -0.599. The van der Waals surface area contributed by atoms with Crippen LogP contribution in [-0.2, 0) is 6.42 Å². The summed E-state index contributed by atoms with van der Waals surface area (Å²) >= 11 is 3.43. The molecule has 0 saturated heterocycles. The van der Waals surface area contributed by atoms with E-state index < -0.39 is 6.04 Å². The molecule has 0 saturated carbocycles. The van der Waals surface area contributed by atoms with E-state index in [1.807, 2.05) is 48.5 Å². The van der Waals surface area contributed by atoms with Crippen molar-refractivity contribution in [1.29, 1.82) is 0 Å². The molecule has 4 aromatic rings.